The van der Waals surface area contributed by atoms with Crippen molar-refractivity contribution in [3.63, 3.8) is 0 Å². The molecule has 2 heterocycles. The summed E-state index contributed by atoms with van der Waals surface area (Å²) in [4.78, 5) is 13.6. The van der Waals surface area contributed by atoms with Crippen LogP contribution >= 0.6 is 0 Å². The molecule has 0 aliphatic carbocycles. The van der Waals surface area contributed by atoms with Crippen molar-refractivity contribution < 1.29 is 4.74 Å². The van der Waals surface area contributed by atoms with Crippen LogP contribution in [0.5, 0.6) is 5.75 Å². The lowest BCUT2D eigenvalue weighted by atomic mass is 9.97. The molecular weight excluding hydrogens is 334 g/mol. The molecule has 0 spiro atoms. The third-order valence-corrected chi connectivity index (χ3v) is 4.90. The molecular formula is C24H17NO2. The van der Waals surface area contributed by atoms with Gasteiger partial charge in [-0.2, -0.15) is 0 Å². The molecule has 0 fully saturated rings. The molecule has 1 aliphatic rings. The first-order valence-electron chi connectivity index (χ1n) is 8.95. The highest BCUT2D eigenvalue weighted by atomic mass is 16.5. The van der Waals surface area contributed by atoms with E-state index in [0.29, 0.717) is 12.2 Å². The molecule has 0 bridgehead atoms. The van der Waals surface area contributed by atoms with Gasteiger partial charge in [0.1, 0.15) is 12.4 Å². The van der Waals surface area contributed by atoms with E-state index in [9.17, 15) is 4.79 Å². The van der Waals surface area contributed by atoms with Crippen molar-refractivity contribution in [2.24, 2.45) is 0 Å². The number of benzene rings is 3. The van der Waals surface area contributed by atoms with Crippen molar-refractivity contribution in [1.29, 1.82) is 0 Å². The van der Waals surface area contributed by atoms with Gasteiger partial charge in [-0.25, -0.2) is 0 Å². The average Bonchev–Trinajstić information content (AvgIpc) is 2.74. The highest BCUT2D eigenvalue weighted by Crippen LogP contribution is 2.38. The largest absolute Gasteiger partial charge is 0.488 e. The summed E-state index contributed by atoms with van der Waals surface area (Å²) in [7, 11) is 0. The molecule has 1 aliphatic heterocycles. The van der Waals surface area contributed by atoms with Crippen molar-refractivity contribution in [3.05, 3.63) is 107 Å². The Bertz CT molecular complexity index is 1180. The Morgan fingerprint density at radius 3 is 2.19 bits per heavy atom. The van der Waals surface area contributed by atoms with Gasteiger partial charge in [0.05, 0.1) is 5.69 Å². The molecule has 5 rings (SSSR count). The van der Waals surface area contributed by atoms with Gasteiger partial charge in [-0.05, 0) is 35.9 Å². The van der Waals surface area contributed by atoms with Crippen LogP contribution in [0.4, 0.5) is 0 Å². The number of para-hydroxylation sites is 2. The lowest BCUT2D eigenvalue weighted by Crippen LogP contribution is -2.25. The number of fused-ring (bicyclic) bond motifs is 3. The van der Waals surface area contributed by atoms with E-state index in [0.717, 1.165) is 33.8 Å². The summed E-state index contributed by atoms with van der Waals surface area (Å²) < 4.78 is 7.77. The third-order valence-electron chi connectivity index (χ3n) is 4.90. The fraction of sp³-hybridized carbons (Fsp3) is 0.0417. The van der Waals surface area contributed by atoms with Crippen LogP contribution < -0.4 is 10.3 Å². The summed E-state index contributed by atoms with van der Waals surface area (Å²) in [6, 6.07) is 29.4. The Balaban J connectivity index is 1.89. The van der Waals surface area contributed by atoms with Crippen molar-refractivity contribution in [2.45, 2.75) is 6.61 Å². The lowest BCUT2D eigenvalue weighted by Gasteiger charge is -2.25. The quantitative estimate of drug-likeness (QED) is 0.505. The SMILES string of the molecule is O=c1c(-c2ccccc2)cc2c(n1-c1ccccc1)-c1ccccc1OC2. The van der Waals surface area contributed by atoms with Gasteiger partial charge in [0.2, 0.25) is 0 Å². The standard InChI is InChI=1S/C24H17NO2/c26-24-21(17-9-3-1-4-10-17)15-18-16-27-22-14-8-7-13-20(22)23(18)25(24)19-11-5-2-6-12-19/h1-15H,16H2. The number of pyridine rings is 1. The zero-order valence-corrected chi connectivity index (χ0v) is 14.6. The fourth-order valence-corrected chi connectivity index (χ4v) is 3.66. The Morgan fingerprint density at radius 2 is 1.41 bits per heavy atom. The minimum atomic E-state index is -0.0251. The molecule has 0 amide bonds. The Labute approximate surface area is 157 Å². The molecule has 0 radical (unpaired) electrons. The topological polar surface area (TPSA) is 31.2 Å². The highest BCUT2D eigenvalue weighted by Gasteiger charge is 2.24. The Hall–Kier alpha value is -3.59. The van der Waals surface area contributed by atoms with Gasteiger partial charge < -0.3 is 4.74 Å². The first-order chi connectivity index (χ1) is 13.3. The van der Waals surface area contributed by atoms with E-state index in [2.05, 4.69) is 0 Å². The smallest absolute Gasteiger partial charge is 0.263 e. The monoisotopic (exact) mass is 351 g/mol. The average molecular weight is 351 g/mol. The van der Waals surface area contributed by atoms with Crippen molar-refractivity contribution in [1.82, 2.24) is 4.57 Å². The second kappa shape index (κ2) is 6.29. The molecule has 0 saturated heterocycles. The summed E-state index contributed by atoms with van der Waals surface area (Å²) in [6.07, 6.45) is 0. The number of hydrogen-bond donors (Lipinski definition) is 0. The van der Waals surface area contributed by atoms with E-state index in [1.54, 1.807) is 0 Å². The minimum Gasteiger partial charge on any atom is -0.488 e. The molecule has 0 unspecified atom stereocenters. The second-order valence-electron chi connectivity index (χ2n) is 6.56. The third kappa shape index (κ3) is 2.56. The summed E-state index contributed by atoms with van der Waals surface area (Å²) in [5.74, 6) is 0.807. The van der Waals surface area contributed by atoms with Crippen LogP contribution in [0.25, 0.3) is 28.1 Å². The molecule has 27 heavy (non-hydrogen) atoms. The van der Waals surface area contributed by atoms with Crippen LogP contribution in [-0.2, 0) is 6.61 Å². The predicted octanol–water partition coefficient (Wildman–Crippen LogP) is 5.06. The van der Waals surface area contributed by atoms with Gasteiger partial charge >= 0.3 is 0 Å². The van der Waals surface area contributed by atoms with E-state index in [1.165, 1.54) is 0 Å². The van der Waals surface area contributed by atoms with E-state index < -0.39 is 0 Å². The van der Waals surface area contributed by atoms with Crippen molar-refractivity contribution in [3.8, 4) is 33.8 Å². The first kappa shape index (κ1) is 15.6. The van der Waals surface area contributed by atoms with E-state index in [-0.39, 0.29) is 5.56 Å². The van der Waals surface area contributed by atoms with Crippen LogP contribution in [0.3, 0.4) is 0 Å². The van der Waals surface area contributed by atoms with Crippen molar-refractivity contribution >= 4 is 0 Å². The normalized spacial score (nSPS) is 12.0. The summed E-state index contributed by atoms with van der Waals surface area (Å²) in [5, 5.41) is 0. The Morgan fingerprint density at radius 1 is 0.741 bits per heavy atom. The zero-order chi connectivity index (χ0) is 18.2. The van der Waals surface area contributed by atoms with Crippen LogP contribution in [-0.4, -0.2) is 4.57 Å². The minimum absolute atomic E-state index is 0.0251. The van der Waals surface area contributed by atoms with Crippen LogP contribution in [0.15, 0.2) is 95.8 Å². The predicted molar refractivity (Wildman–Crippen MR) is 107 cm³/mol. The first-order valence-corrected chi connectivity index (χ1v) is 8.95. The highest BCUT2D eigenvalue weighted by molar-refractivity contribution is 5.77. The van der Waals surface area contributed by atoms with Gasteiger partial charge in [-0.1, -0.05) is 60.7 Å². The molecule has 4 aromatic rings. The molecule has 130 valence electrons. The number of ether oxygens (including phenoxy) is 1. The van der Waals surface area contributed by atoms with Crippen LogP contribution in [0, 0.1) is 0 Å². The Kier molecular flexibility index (Phi) is 3.65. The summed E-state index contributed by atoms with van der Waals surface area (Å²) >= 11 is 0. The van der Waals surface area contributed by atoms with Crippen LogP contribution in [0.2, 0.25) is 0 Å². The van der Waals surface area contributed by atoms with Gasteiger partial charge in [0.15, 0.2) is 0 Å². The molecule has 0 saturated carbocycles. The fourth-order valence-electron chi connectivity index (χ4n) is 3.66. The number of aromatic nitrogens is 1. The maximum atomic E-state index is 13.6. The lowest BCUT2D eigenvalue weighted by molar-refractivity contribution is 0.301. The van der Waals surface area contributed by atoms with E-state index in [1.807, 2.05) is 95.6 Å². The number of nitrogens with zero attached hydrogens (tertiary/aromatic N) is 1. The van der Waals surface area contributed by atoms with E-state index >= 15 is 0 Å². The molecule has 1 aromatic heterocycles. The molecule has 0 atom stereocenters. The second-order valence-corrected chi connectivity index (χ2v) is 6.56. The van der Waals surface area contributed by atoms with Gasteiger partial charge in [-0.3, -0.25) is 9.36 Å². The zero-order valence-electron chi connectivity index (χ0n) is 14.6. The van der Waals surface area contributed by atoms with Gasteiger partial charge in [-0.15, -0.1) is 0 Å². The van der Waals surface area contributed by atoms with Crippen molar-refractivity contribution in [2.75, 3.05) is 0 Å². The van der Waals surface area contributed by atoms with Crippen LogP contribution in [0.1, 0.15) is 5.56 Å². The summed E-state index contributed by atoms with van der Waals surface area (Å²) in [5.41, 5.74) is 5.29. The maximum absolute atomic E-state index is 13.6. The molecule has 3 nitrogen and oxygen atoms in total. The number of rotatable bonds is 2. The van der Waals surface area contributed by atoms with Gasteiger partial charge in [0.25, 0.3) is 5.56 Å². The van der Waals surface area contributed by atoms with Gasteiger partial charge in [0, 0.05) is 22.4 Å². The van der Waals surface area contributed by atoms with E-state index in [4.69, 9.17) is 4.74 Å². The molecule has 3 heteroatoms. The summed E-state index contributed by atoms with van der Waals surface area (Å²) in [6.45, 7) is 0.444. The maximum Gasteiger partial charge on any atom is 0.263 e. The number of hydrogen-bond acceptors (Lipinski definition) is 2. The molecule has 0 N–H and O–H groups in total. The molecule has 3 aromatic carbocycles.